The van der Waals surface area contributed by atoms with E-state index >= 15 is 0 Å². The van der Waals surface area contributed by atoms with E-state index in [0.717, 1.165) is 12.3 Å². The van der Waals surface area contributed by atoms with Crippen molar-refractivity contribution in [2.24, 2.45) is 17.8 Å². The third kappa shape index (κ3) is 2.77. The van der Waals surface area contributed by atoms with Gasteiger partial charge in [0.25, 0.3) is 5.91 Å². The molecule has 3 rings (SSSR count). The van der Waals surface area contributed by atoms with Gasteiger partial charge in [0, 0.05) is 18.7 Å². The minimum Gasteiger partial charge on any atom is -0.355 e. The fourth-order valence-corrected chi connectivity index (χ4v) is 3.92. The maximum absolute atomic E-state index is 12.4. The molecule has 2 aliphatic carbocycles. The fraction of sp³-hybridized carbons (Fsp3) is 0.500. The molecule has 0 radical (unpaired) electrons. The van der Waals surface area contributed by atoms with Crippen LogP contribution >= 0.6 is 11.6 Å². The van der Waals surface area contributed by atoms with Crippen molar-refractivity contribution in [1.29, 1.82) is 0 Å². The van der Waals surface area contributed by atoms with Crippen LogP contribution in [-0.4, -0.2) is 18.9 Å². The first kappa shape index (κ1) is 14.4. The van der Waals surface area contributed by atoms with E-state index in [4.69, 9.17) is 11.6 Å². The van der Waals surface area contributed by atoms with Gasteiger partial charge >= 0.3 is 0 Å². The number of carbonyl (C=O) groups excluding carboxylic acids is 2. The largest absolute Gasteiger partial charge is 0.355 e. The van der Waals surface area contributed by atoms with E-state index in [-0.39, 0.29) is 17.7 Å². The molecule has 3 atom stereocenters. The highest BCUT2D eigenvalue weighted by atomic mass is 35.5. The zero-order valence-corrected chi connectivity index (χ0v) is 12.7. The summed E-state index contributed by atoms with van der Waals surface area (Å²) in [6.07, 6.45) is 4.65. The minimum atomic E-state index is -0.254. The molecule has 2 saturated carbocycles. The average Bonchev–Trinajstić information content (AvgIpc) is 3.11. The van der Waals surface area contributed by atoms with Crippen molar-refractivity contribution >= 4 is 29.1 Å². The van der Waals surface area contributed by atoms with Crippen molar-refractivity contribution in [3.63, 3.8) is 0 Å². The third-order valence-electron chi connectivity index (χ3n) is 4.78. The summed E-state index contributed by atoms with van der Waals surface area (Å²) in [7, 11) is 1.55. The number of carbonyl (C=O) groups is 2. The molecular weight excluding hydrogens is 288 g/mol. The van der Waals surface area contributed by atoms with Crippen LogP contribution in [0.25, 0.3) is 0 Å². The highest BCUT2D eigenvalue weighted by Gasteiger charge is 2.43. The molecule has 0 aromatic heterocycles. The minimum absolute atomic E-state index is 0.0763. The van der Waals surface area contributed by atoms with Gasteiger partial charge in [-0.05, 0) is 49.3 Å². The molecule has 2 bridgehead atoms. The summed E-state index contributed by atoms with van der Waals surface area (Å²) in [5, 5.41) is 5.86. The fourth-order valence-electron chi connectivity index (χ4n) is 3.71. The van der Waals surface area contributed by atoms with E-state index in [2.05, 4.69) is 10.6 Å². The Bertz CT molecular complexity index is 588. The molecule has 1 aromatic carbocycles. The van der Waals surface area contributed by atoms with E-state index in [1.54, 1.807) is 25.2 Å². The lowest BCUT2D eigenvalue weighted by molar-refractivity contribution is -0.121. The first-order valence-electron chi connectivity index (χ1n) is 7.41. The van der Waals surface area contributed by atoms with Gasteiger partial charge in [-0.25, -0.2) is 0 Å². The average molecular weight is 307 g/mol. The van der Waals surface area contributed by atoms with Gasteiger partial charge in [-0.15, -0.1) is 0 Å². The molecule has 2 aliphatic rings. The van der Waals surface area contributed by atoms with Gasteiger partial charge in [-0.2, -0.15) is 0 Å². The molecule has 2 N–H and O–H groups in total. The highest BCUT2D eigenvalue weighted by Crippen LogP contribution is 2.48. The van der Waals surface area contributed by atoms with Gasteiger partial charge in [-0.3, -0.25) is 9.59 Å². The van der Waals surface area contributed by atoms with Crippen LogP contribution in [-0.2, 0) is 4.79 Å². The van der Waals surface area contributed by atoms with Crippen LogP contribution in [0.2, 0.25) is 5.02 Å². The zero-order chi connectivity index (χ0) is 15.0. The monoisotopic (exact) mass is 306 g/mol. The van der Waals surface area contributed by atoms with Gasteiger partial charge < -0.3 is 10.6 Å². The van der Waals surface area contributed by atoms with Crippen LogP contribution in [0.4, 0.5) is 5.69 Å². The predicted molar refractivity (Wildman–Crippen MR) is 82.4 cm³/mol. The summed E-state index contributed by atoms with van der Waals surface area (Å²) in [4.78, 5) is 24.1. The molecule has 0 heterocycles. The lowest BCUT2D eigenvalue weighted by Crippen LogP contribution is -2.27. The summed E-state index contributed by atoms with van der Waals surface area (Å²) in [6.45, 7) is 0. The molecule has 0 aliphatic heterocycles. The Labute approximate surface area is 129 Å². The van der Waals surface area contributed by atoms with Crippen LogP contribution < -0.4 is 10.6 Å². The summed E-state index contributed by atoms with van der Waals surface area (Å²) < 4.78 is 0. The molecular formula is C16H19ClN2O2. The summed E-state index contributed by atoms with van der Waals surface area (Å²) in [6, 6.07) is 5.01. The van der Waals surface area contributed by atoms with Gasteiger partial charge in [0.15, 0.2) is 0 Å². The summed E-state index contributed by atoms with van der Waals surface area (Å²) in [5.74, 6) is 1.23. The molecule has 0 unspecified atom stereocenters. The zero-order valence-electron chi connectivity index (χ0n) is 12.0. The van der Waals surface area contributed by atoms with Gasteiger partial charge in [0.1, 0.15) is 0 Å². The lowest BCUT2D eigenvalue weighted by Gasteiger charge is -2.21. The quantitative estimate of drug-likeness (QED) is 0.901. The molecule has 1 aromatic rings. The first-order chi connectivity index (χ1) is 10.1. The number of hydrogen-bond acceptors (Lipinski definition) is 2. The van der Waals surface area contributed by atoms with Crippen LogP contribution in [0, 0.1) is 17.8 Å². The number of rotatable bonds is 3. The Morgan fingerprint density at radius 3 is 2.67 bits per heavy atom. The van der Waals surface area contributed by atoms with Crippen molar-refractivity contribution in [3.05, 3.63) is 28.8 Å². The third-order valence-corrected chi connectivity index (χ3v) is 5.11. The van der Waals surface area contributed by atoms with Crippen molar-refractivity contribution in [3.8, 4) is 0 Å². The van der Waals surface area contributed by atoms with Crippen LogP contribution in [0.15, 0.2) is 18.2 Å². The number of halogens is 1. The van der Waals surface area contributed by atoms with E-state index in [0.29, 0.717) is 22.2 Å². The molecule has 5 heteroatoms. The topological polar surface area (TPSA) is 58.2 Å². The van der Waals surface area contributed by atoms with E-state index in [1.807, 2.05) is 0 Å². The second-order valence-electron chi connectivity index (χ2n) is 6.04. The normalized spacial score (nSPS) is 26.7. The Kier molecular flexibility index (Phi) is 3.89. The molecule has 0 saturated heterocycles. The Balaban J connectivity index is 1.73. The highest BCUT2D eigenvalue weighted by molar-refractivity contribution is 6.34. The van der Waals surface area contributed by atoms with E-state index in [9.17, 15) is 9.59 Å². The number of benzene rings is 1. The van der Waals surface area contributed by atoms with E-state index < -0.39 is 0 Å². The number of hydrogen-bond donors (Lipinski definition) is 2. The molecule has 4 nitrogen and oxygen atoms in total. The van der Waals surface area contributed by atoms with Gasteiger partial charge in [-0.1, -0.05) is 18.0 Å². The van der Waals surface area contributed by atoms with Crippen molar-refractivity contribution in [2.75, 3.05) is 12.4 Å². The van der Waals surface area contributed by atoms with Crippen molar-refractivity contribution < 1.29 is 9.59 Å². The number of nitrogens with one attached hydrogen (secondary N) is 2. The Morgan fingerprint density at radius 2 is 2.05 bits per heavy atom. The number of anilines is 1. The molecule has 2 fully saturated rings. The van der Waals surface area contributed by atoms with Crippen LogP contribution in [0.5, 0.6) is 0 Å². The predicted octanol–water partition coefficient (Wildman–Crippen LogP) is 3.07. The van der Waals surface area contributed by atoms with Crippen molar-refractivity contribution in [2.45, 2.75) is 25.7 Å². The van der Waals surface area contributed by atoms with Crippen LogP contribution in [0.1, 0.15) is 36.0 Å². The lowest BCUT2D eigenvalue weighted by atomic mass is 9.88. The van der Waals surface area contributed by atoms with Gasteiger partial charge in [0.05, 0.1) is 10.6 Å². The van der Waals surface area contributed by atoms with Crippen molar-refractivity contribution in [1.82, 2.24) is 5.32 Å². The van der Waals surface area contributed by atoms with Gasteiger partial charge in [0.2, 0.25) is 5.91 Å². The Morgan fingerprint density at radius 1 is 1.24 bits per heavy atom. The van der Waals surface area contributed by atoms with E-state index in [1.165, 1.54) is 19.3 Å². The van der Waals surface area contributed by atoms with Crippen LogP contribution in [0.3, 0.4) is 0 Å². The smallest absolute Gasteiger partial charge is 0.252 e. The number of fused-ring (bicyclic) bond motifs is 2. The second-order valence-corrected chi connectivity index (χ2v) is 6.45. The SMILES string of the molecule is CNC(=O)c1cc(NC(=O)[C@@H]2C[C@H]3CC[C@H]2C3)ccc1Cl. The number of amides is 2. The standard InChI is InChI=1S/C16H19ClN2O2/c1-18-15(20)13-8-11(4-5-14(13)17)19-16(21)12-7-9-2-3-10(12)6-9/h4-5,8-10,12H,2-3,6-7H2,1H3,(H,18,20)(H,19,21)/t9-,10-,12+/m0/s1. The molecule has 2 amide bonds. The summed E-state index contributed by atoms with van der Waals surface area (Å²) in [5.41, 5.74) is 1.01. The molecule has 21 heavy (non-hydrogen) atoms. The first-order valence-corrected chi connectivity index (χ1v) is 7.78. The maximum Gasteiger partial charge on any atom is 0.252 e. The summed E-state index contributed by atoms with van der Waals surface area (Å²) >= 11 is 6.01. The second kappa shape index (κ2) is 5.68. The maximum atomic E-state index is 12.4. The molecule has 112 valence electrons. The Hall–Kier alpha value is -1.55. The molecule has 0 spiro atoms.